The van der Waals surface area contributed by atoms with Crippen LogP contribution in [0.3, 0.4) is 0 Å². The van der Waals surface area contributed by atoms with E-state index in [0.717, 1.165) is 16.9 Å². The second kappa shape index (κ2) is 7.04. The minimum absolute atomic E-state index is 0.0617. The third-order valence-corrected chi connectivity index (χ3v) is 2.87. The molecule has 0 bridgehead atoms. The van der Waals surface area contributed by atoms with E-state index in [1.54, 1.807) is 0 Å². The molecule has 0 saturated carbocycles. The molecule has 0 heterocycles. The summed E-state index contributed by atoms with van der Waals surface area (Å²) in [5, 5.41) is 0. The lowest BCUT2D eigenvalue weighted by atomic mass is 10.1. The van der Waals surface area contributed by atoms with Gasteiger partial charge >= 0.3 is 11.4 Å². The van der Waals surface area contributed by atoms with Crippen molar-refractivity contribution in [3.05, 3.63) is 54.6 Å². The Morgan fingerprint density at radius 3 is 2.37 bits per heavy atom. The number of hydrogen-bond acceptors (Lipinski definition) is 3. The Kier molecular flexibility index (Phi) is 5.09. The molecule has 1 N–H and O–H groups in total. The maximum atomic E-state index is 10.3. The van der Waals surface area contributed by atoms with Crippen molar-refractivity contribution in [2.24, 2.45) is 0 Å². The van der Waals surface area contributed by atoms with Crippen molar-refractivity contribution in [3.63, 3.8) is 0 Å². The molecule has 4 nitrogen and oxygen atoms in total. The predicted molar refractivity (Wildman–Crippen MR) is 74.1 cm³/mol. The van der Waals surface area contributed by atoms with Gasteiger partial charge in [0.25, 0.3) is 0 Å². The van der Waals surface area contributed by atoms with Crippen LogP contribution in [0.1, 0.15) is 0 Å². The highest BCUT2D eigenvalue weighted by Gasteiger charge is 2.05. The highest BCUT2D eigenvalue weighted by Crippen LogP contribution is 2.29. The molecule has 5 heteroatoms. The topological polar surface area (TPSA) is 55.8 Å². The summed E-state index contributed by atoms with van der Waals surface area (Å²) in [5.41, 5.74) is 2.04. The third-order valence-electron chi connectivity index (χ3n) is 2.50. The molecule has 0 aliphatic rings. The summed E-state index contributed by atoms with van der Waals surface area (Å²) in [7, 11) is 0. The Hall–Kier alpha value is -1.69. The molecule has 1 unspecified atom stereocenters. The molecule has 19 heavy (non-hydrogen) atoms. The minimum atomic E-state index is -2.24. The molecule has 0 aliphatic heterocycles. The van der Waals surface area contributed by atoms with Gasteiger partial charge in [0.05, 0.1) is 0 Å². The van der Waals surface area contributed by atoms with E-state index in [4.69, 9.17) is 9.29 Å². The van der Waals surface area contributed by atoms with Crippen molar-refractivity contribution in [3.8, 4) is 16.9 Å². The summed E-state index contributed by atoms with van der Waals surface area (Å²) in [6.07, 6.45) is 0. The van der Waals surface area contributed by atoms with Crippen LogP contribution in [0.15, 0.2) is 54.6 Å². The Balaban J connectivity index is 2.07. The summed E-state index contributed by atoms with van der Waals surface area (Å²) >= 11 is -2.24. The van der Waals surface area contributed by atoms with Crippen LogP contribution in [0.4, 0.5) is 0 Å². The highest BCUT2D eigenvalue weighted by atomic mass is 32.2. The van der Waals surface area contributed by atoms with Crippen LogP contribution < -0.4 is 4.74 Å². The van der Waals surface area contributed by atoms with E-state index in [1.807, 2.05) is 54.6 Å². The van der Waals surface area contributed by atoms with Gasteiger partial charge in [0.15, 0.2) is 0 Å². The maximum absolute atomic E-state index is 10.3. The van der Waals surface area contributed by atoms with Gasteiger partial charge in [-0.3, -0.25) is 8.74 Å². The molecule has 2 aromatic rings. The summed E-state index contributed by atoms with van der Waals surface area (Å²) in [4.78, 5) is 0. The Labute approximate surface area is 114 Å². The SMILES string of the molecule is O=S(O)OCCOc1ccccc1-c1ccccc1. The maximum Gasteiger partial charge on any atom is 0.302 e. The lowest BCUT2D eigenvalue weighted by Crippen LogP contribution is -2.08. The van der Waals surface area contributed by atoms with E-state index in [9.17, 15) is 4.21 Å². The first-order valence-corrected chi connectivity index (χ1v) is 6.82. The zero-order valence-electron chi connectivity index (χ0n) is 10.2. The lowest BCUT2D eigenvalue weighted by molar-refractivity contribution is 0.218. The van der Waals surface area contributed by atoms with Crippen LogP contribution >= 0.6 is 0 Å². The Morgan fingerprint density at radius 2 is 1.63 bits per heavy atom. The van der Waals surface area contributed by atoms with Crippen LogP contribution in [0, 0.1) is 0 Å². The molecule has 0 saturated heterocycles. The molecule has 0 amide bonds. The zero-order valence-corrected chi connectivity index (χ0v) is 11.0. The molecular weight excluding hydrogens is 264 g/mol. The van der Waals surface area contributed by atoms with Crippen molar-refractivity contribution in [2.75, 3.05) is 13.2 Å². The van der Waals surface area contributed by atoms with Gasteiger partial charge in [-0.05, 0) is 11.6 Å². The number of rotatable bonds is 6. The lowest BCUT2D eigenvalue weighted by Gasteiger charge is -2.11. The largest absolute Gasteiger partial charge is 0.490 e. The van der Waals surface area contributed by atoms with E-state index in [1.165, 1.54) is 0 Å². The fourth-order valence-corrected chi connectivity index (χ4v) is 1.92. The number of benzene rings is 2. The van der Waals surface area contributed by atoms with Crippen molar-refractivity contribution in [2.45, 2.75) is 0 Å². The highest BCUT2D eigenvalue weighted by molar-refractivity contribution is 7.74. The molecule has 100 valence electrons. The summed E-state index contributed by atoms with van der Waals surface area (Å²) in [6.45, 7) is 0.280. The van der Waals surface area contributed by atoms with Gasteiger partial charge in [-0.15, -0.1) is 0 Å². The van der Waals surface area contributed by atoms with Crippen LogP contribution in [0.2, 0.25) is 0 Å². The van der Waals surface area contributed by atoms with Gasteiger partial charge in [-0.1, -0.05) is 48.5 Å². The molecule has 1 atom stereocenters. The first kappa shape index (κ1) is 13.7. The van der Waals surface area contributed by atoms with Gasteiger partial charge in [0.1, 0.15) is 19.0 Å². The van der Waals surface area contributed by atoms with Crippen LogP contribution in [0.5, 0.6) is 5.75 Å². The number of hydrogen-bond donors (Lipinski definition) is 1. The summed E-state index contributed by atoms with van der Waals surface area (Å²) in [5.74, 6) is 0.723. The Morgan fingerprint density at radius 1 is 0.947 bits per heavy atom. The van der Waals surface area contributed by atoms with Crippen molar-refractivity contribution in [1.29, 1.82) is 0 Å². The van der Waals surface area contributed by atoms with E-state index >= 15 is 0 Å². The molecule has 0 aliphatic carbocycles. The van der Waals surface area contributed by atoms with Gasteiger partial charge < -0.3 is 4.74 Å². The monoisotopic (exact) mass is 278 g/mol. The molecule has 0 fully saturated rings. The smallest absolute Gasteiger partial charge is 0.302 e. The van der Waals surface area contributed by atoms with Crippen LogP contribution in [-0.4, -0.2) is 22.0 Å². The van der Waals surface area contributed by atoms with Gasteiger partial charge in [0.2, 0.25) is 0 Å². The van der Waals surface area contributed by atoms with Gasteiger partial charge in [-0.2, -0.15) is 4.21 Å². The molecular formula is C14H14O4S. The van der Waals surface area contributed by atoms with E-state index in [2.05, 4.69) is 4.18 Å². The average molecular weight is 278 g/mol. The first-order valence-electron chi connectivity index (χ1n) is 5.79. The molecule has 0 spiro atoms. The quantitative estimate of drug-likeness (QED) is 0.652. The van der Waals surface area contributed by atoms with Crippen LogP contribution in [0.25, 0.3) is 11.1 Å². The fraction of sp³-hybridized carbons (Fsp3) is 0.143. The van der Waals surface area contributed by atoms with Gasteiger partial charge in [-0.25, -0.2) is 0 Å². The molecule has 2 aromatic carbocycles. The van der Waals surface area contributed by atoms with E-state index < -0.39 is 11.4 Å². The number of ether oxygens (including phenoxy) is 1. The Bertz CT molecular complexity index is 542. The van der Waals surface area contributed by atoms with Crippen molar-refractivity contribution < 1.29 is 17.7 Å². The van der Waals surface area contributed by atoms with Crippen molar-refractivity contribution in [1.82, 2.24) is 0 Å². The minimum Gasteiger partial charge on any atom is -0.490 e. The van der Waals surface area contributed by atoms with Crippen molar-refractivity contribution >= 4 is 11.4 Å². The van der Waals surface area contributed by atoms with Gasteiger partial charge in [0, 0.05) is 5.56 Å². The summed E-state index contributed by atoms with van der Waals surface area (Å²) in [6, 6.07) is 17.5. The predicted octanol–water partition coefficient (Wildman–Crippen LogP) is 2.89. The third kappa shape index (κ3) is 4.17. The summed E-state index contributed by atoms with van der Waals surface area (Å²) < 4.78 is 28.9. The fourth-order valence-electron chi connectivity index (χ4n) is 1.71. The van der Waals surface area contributed by atoms with E-state index in [0.29, 0.717) is 0 Å². The molecule has 2 rings (SSSR count). The average Bonchev–Trinajstić information content (AvgIpc) is 2.45. The molecule has 0 radical (unpaired) electrons. The second-order valence-electron chi connectivity index (χ2n) is 3.75. The zero-order chi connectivity index (χ0) is 13.5. The normalized spacial score (nSPS) is 12.1. The van der Waals surface area contributed by atoms with Crippen LogP contribution in [-0.2, 0) is 15.5 Å². The van der Waals surface area contributed by atoms with E-state index in [-0.39, 0.29) is 13.2 Å². The first-order chi connectivity index (χ1) is 9.27. The molecule has 0 aromatic heterocycles. The number of para-hydroxylation sites is 1. The second-order valence-corrected chi connectivity index (χ2v) is 4.42. The standard InChI is InChI=1S/C14H14O4S/c15-19(16)18-11-10-17-14-9-5-4-8-13(14)12-6-2-1-3-7-12/h1-9H,10-11H2,(H,15,16).